The molecule has 1 N–H and O–H groups in total. The van der Waals surface area contributed by atoms with Crippen LogP contribution in [0, 0.1) is 11.5 Å². The molecule has 3 aromatic rings. The van der Waals surface area contributed by atoms with Gasteiger partial charge in [0.15, 0.2) is 5.78 Å². The summed E-state index contributed by atoms with van der Waals surface area (Å²) in [6, 6.07) is 12.4. The Balaban J connectivity index is 1.67. The number of rotatable bonds is 13. The van der Waals surface area contributed by atoms with Crippen molar-refractivity contribution in [2.24, 2.45) is 5.41 Å². The molecule has 5 nitrogen and oxygen atoms in total. The molecule has 0 atom stereocenters. The van der Waals surface area contributed by atoms with E-state index in [-0.39, 0.29) is 5.78 Å². The van der Waals surface area contributed by atoms with Crippen LogP contribution in [-0.4, -0.2) is 25.6 Å². The van der Waals surface area contributed by atoms with Gasteiger partial charge in [0.05, 0.1) is 0 Å². The van der Waals surface area contributed by atoms with Crippen molar-refractivity contribution in [1.29, 1.82) is 0 Å². The summed E-state index contributed by atoms with van der Waals surface area (Å²) in [6.45, 7) is 7.61. The van der Waals surface area contributed by atoms with Gasteiger partial charge in [-0.3, -0.25) is 9.69 Å². The van der Waals surface area contributed by atoms with E-state index in [1.165, 1.54) is 21.1 Å². The summed E-state index contributed by atoms with van der Waals surface area (Å²) in [5.74, 6) is 0.148. The smallest absolute Gasteiger partial charge is 0.250 e. The molecule has 9 heteroatoms. The lowest BCUT2D eigenvalue weighted by molar-refractivity contribution is -0.127. The number of carbonyl (C=O) groups excluding carboxylic acids is 1. The Morgan fingerprint density at radius 1 is 0.909 bits per heavy atom. The van der Waals surface area contributed by atoms with Gasteiger partial charge < -0.3 is 0 Å². The van der Waals surface area contributed by atoms with Gasteiger partial charge in [-0.05, 0) is 53.6 Å². The number of ketones is 1. The average Bonchev–Trinajstić information content (AvgIpc) is 3.53. The molecule has 0 aromatic carbocycles. The molecule has 0 aliphatic carbocycles. The molecule has 0 fully saturated rings. The Labute approximate surface area is 209 Å². The number of carbonyl (C=O) groups is 1. The molecule has 33 heavy (non-hydrogen) atoms. The van der Waals surface area contributed by atoms with E-state index < -0.39 is 15.4 Å². The zero-order valence-electron chi connectivity index (χ0n) is 19.2. The van der Waals surface area contributed by atoms with Gasteiger partial charge in [0, 0.05) is 34.8 Å². The molecule has 0 aliphatic heterocycles. The van der Waals surface area contributed by atoms with Crippen molar-refractivity contribution in [3.8, 4) is 0 Å². The summed E-state index contributed by atoms with van der Waals surface area (Å²) >= 11 is 4.60. The van der Waals surface area contributed by atoms with Gasteiger partial charge in [0.1, 0.15) is 10.3 Å². The van der Waals surface area contributed by atoms with Crippen molar-refractivity contribution < 1.29 is 13.2 Å². The SMILES string of the molecule is CC(C)(C)C(=O)[C](CCCCNS(=O)(=O)c1cccs1)N(Cc1cccs1)Cc1cccs1. The van der Waals surface area contributed by atoms with E-state index in [1.807, 2.05) is 32.9 Å². The second-order valence-corrected chi connectivity index (χ2v) is 13.8. The predicted octanol–water partition coefficient (Wildman–Crippen LogP) is 6.17. The highest BCUT2D eigenvalue weighted by atomic mass is 32.2. The number of nitrogens with zero attached hydrogens (tertiary/aromatic N) is 1. The first kappa shape index (κ1) is 26.2. The molecule has 1 radical (unpaired) electrons. The highest BCUT2D eigenvalue weighted by Gasteiger charge is 2.34. The monoisotopic (exact) mass is 523 g/mol. The molecule has 0 unspecified atom stereocenters. The fourth-order valence-corrected chi connectivity index (χ4v) is 6.94. The van der Waals surface area contributed by atoms with Crippen LogP contribution in [0.1, 0.15) is 49.8 Å². The molecule has 3 rings (SSSR count). The third kappa shape index (κ3) is 7.83. The first-order valence-electron chi connectivity index (χ1n) is 10.9. The highest BCUT2D eigenvalue weighted by Crippen LogP contribution is 2.32. The van der Waals surface area contributed by atoms with Crippen LogP contribution in [0.4, 0.5) is 0 Å². The molecule has 0 spiro atoms. The Kier molecular flexibility index (Phi) is 9.43. The van der Waals surface area contributed by atoms with Crippen LogP contribution in [-0.2, 0) is 27.9 Å². The van der Waals surface area contributed by atoms with Crippen molar-refractivity contribution in [3.63, 3.8) is 0 Å². The standard InChI is InChI=1S/C24H31N2O3S4/c1-24(2,3)23(27)21(11-4-5-13-25-33(28,29)22-12-8-16-32-22)26(17-19-9-6-14-30-19)18-20-10-7-15-31-20/h6-10,12,14-16,25H,4-5,11,13,17-18H2,1-3H3. The number of thiophene rings is 3. The van der Waals surface area contributed by atoms with Crippen molar-refractivity contribution in [2.75, 3.05) is 6.54 Å². The van der Waals surface area contributed by atoms with Crippen LogP contribution in [0.25, 0.3) is 0 Å². The van der Waals surface area contributed by atoms with Gasteiger partial charge >= 0.3 is 0 Å². The normalized spacial score (nSPS) is 12.6. The van der Waals surface area contributed by atoms with Crippen LogP contribution < -0.4 is 4.72 Å². The van der Waals surface area contributed by atoms with E-state index in [0.29, 0.717) is 36.7 Å². The zero-order chi connectivity index (χ0) is 23.9. The van der Waals surface area contributed by atoms with Crippen LogP contribution in [0.3, 0.4) is 0 Å². The molecule has 0 saturated heterocycles. The lowest BCUT2D eigenvalue weighted by atomic mass is 9.84. The Morgan fingerprint density at radius 2 is 1.48 bits per heavy atom. The Morgan fingerprint density at radius 3 is 1.97 bits per heavy atom. The lowest BCUT2D eigenvalue weighted by Crippen LogP contribution is -2.39. The van der Waals surface area contributed by atoms with Gasteiger partial charge in [0.25, 0.3) is 0 Å². The number of sulfonamides is 1. The second-order valence-electron chi connectivity index (χ2n) is 8.83. The summed E-state index contributed by atoms with van der Waals surface area (Å²) < 4.78 is 27.7. The molecular weight excluding hydrogens is 493 g/mol. The van der Waals surface area contributed by atoms with E-state index in [1.54, 1.807) is 40.2 Å². The maximum atomic E-state index is 13.5. The summed E-state index contributed by atoms with van der Waals surface area (Å²) in [7, 11) is -3.46. The average molecular weight is 524 g/mol. The van der Waals surface area contributed by atoms with Gasteiger partial charge in [0.2, 0.25) is 10.0 Å². The molecule has 3 aromatic heterocycles. The van der Waals surface area contributed by atoms with Crippen molar-refractivity contribution >= 4 is 49.8 Å². The lowest BCUT2D eigenvalue weighted by Gasteiger charge is -2.33. The number of Topliss-reactive ketones (excluding diaryl/α,β-unsaturated/α-hetero) is 1. The van der Waals surface area contributed by atoms with E-state index in [9.17, 15) is 13.2 Å². The maximum absolute atomic E-state index is 13.5. The summed E-state index contributed by atoms with van der Waals surface area (Å²) in [5.41, 5.74) is -0.487. The van der Waals surface area contributed by atoms with Crippen LogP contribution >= 0.6 is 34.0 Å². The third-order valence-corrected chi connectivity index (χ3v) is 9.65. The molecule has 179 valence electrons. The van der Waals surface area contributed by atoms with Gasteiger partial charge in [-0.2, -0.15) is 0 Å². The molecular formula is C24H31N2O3S4. The third-order valence-electron chi connectivity index (χ3n) is 5.07. The first-order chi connectivity index (χ1) is 15.7. The summed E-state index contributed by atoms with van der Waals surface area (Å²) in [5, 5.41) is 5.87. The van der Waals surface area contributed by atoms with Crippen LogP contribution in [0.15, 0.2) is 56.7 Å². The first-order valence-corrected chi connectivity index (χ1v) is 15.0. The quantitative estimate of drug-likeness (QED) is 0.272. The predicted molar refractivity (Wildman–Crippen MR) is 139 cm³/mol. The topological polar surface area (TPSA) is 66.5 Å². The van der Waals surface area contributed by atoms with E-state index in [4.69, 9.17) is 0 Å². The zero-order valence-corrected chi connectivity index (χ0v) is 22.5. The second kappa shape index (κ2) is 11.9. The van der Waals surface area contributed by atoms with Crippen molar-refractivity contribution in [3.05, 3.63) is 68.3 Å². The largest absolute Gasteiger partial charge is 0.297 e. The van der Waals surface area contributed by atoms with Crippen LogP contribution in [0.2, 0.25) is 0 Å². The number of hydrogen-bond acceptors (Lipinski definition) is 7. The van der Waals surface area contributed by atoms with Crippen molar-refractivity contribution in [2.45, 2.75) is 57.3 Å². The van der Waals surface area contributed by atoms with Crippen molar-refractivity contribution in [1.82, 2.24) is 9.62 Å². The molecule has 0 saturated carbocycles. The van der Waals surface area contributed by atoms with Gasteiger partial charge in [-0.25, -0.2) is 13.1 Å². The van der Waals surface area contributed by atoms with E-state index in [0.717, 1.165) is 12.5 Å². The highest BCUT2D eigenvalue weighted by molar-refractivity contribution is 7.91. The fourth-order valence-electron chi connectivity index (χ4n) is 3.39. The van der Waals surface area contributed by atoms with E-state index >= 15 is 0 Å². The summed E-state index contributed by atoms with van der Waals surface area (Å²) in [6.07, 6.45) is 2.01. The minimum atomic E-state index is -3.46. The number of unbranched alkanes of at least 4 members (excludes halogenated alkanes) is 1. The minimum Gasteiger partial charge on any atom is -0.297 e. The minimum absolute atomic E-state index is 0.148. The molecule has 0 amide bonds. The summed E-state index contributed by atoms with van der Waals surface area (Å²) in [4.78, 5) is 18.1. The number of hydrogen-bond donors (Lipinski definition) is 1. The maximum Gasteiger partial charge on any atom is 0.250 e. The molecule has 0 aliphatic rings. The van der Waals surface area contributed by atoms with Gasteiger partial charge in [-0.15, -0.1) is 34.0 Å². The Hall–Kier alpha value is -1.36. The fraction of sp³-hybridized carbons (Fsp3) is 0.417. The number of nitrogens with one attached hydrogen (secondary N) is 1. The Bertz CT molecular complexity index is 1030. The van der Waals surface area contributed by atoms with Gasteiger partial charge in [-0.1, -0.05) is 39.0 Å². The van der Waals surface area contributed by atoms with Crippen LogP contribution in [0.5, 0.6) is 0 Å². The molecule has 0 bridgehead atoms. The van der Waals surface area contributed by atoms with E-state index in [2.05, 4.69) is 32.5 Å². The molecule has 3 heterocycles.